The van der Waals surface area contributed by atoms with E-state index in [0.717, 1.165) is 0 Å². The highest BCUT2D eigenvalue weighted by atomic mass is 16.3. The van der Waals surface area contributed by atoms with E-state index in [-0.39, 0.29) is 11.8 Å². The third kappa shape index (κ3) is 1.88. The van der Waals surface area contributed by atoms with Crippen LogP contribution in [0.3, 0.4) is 0 Å². The largest absolute Gasteiger partial charge is 0.495 e. The summed E-state index contributed by atoms with van der Waals surface area (Å²) in [5, 5.41) is 18.1. The molecule has 62 valence electrons. The minimum absolute atomic E-state index is 0.000602. The van der Waals surface area contributed by atoms with Crippen molar-refractivity contribution in [1.82, 2.24) is 9.88 Å². The molecule has 0 spiro atoms. The number of rotatable bonds is 2. The minimum atomic E-state index is -0.000602. The van der Waals surface area contributed by atoms with E-state index in [0.29, 0.717) is 12.1 Å². The third-order valence-electron chi connectivity index (χ3n) is 1.35. The maximum Gasteiger partial charge on any atom is 0.195 e. The molecule has 1 heterocycles. The van der Waals surface area contributed by atoms with Crippen LogP contribution in [0, 0.1) is 0 Å². The smallest absolute Gasteiger partial charge is 0.195 e. The van der Waals surface area contributed by atoms with Crippen LogP contribution >= 0.6 is 0 Å². The Labute approximate surface area is 65.1 Å². The Morgan fingerprint density at radius 2 is 2.09 bits per heavy atom. The van der Waals surface area contributed by atoms with Crippen molar-refractivity contribution in [1.29, 1.82) is 0 Å². The second kappa shape index (κ2) is 2.84. The highest BCUT2D eigenvalue weighted by molar-refractivity contribution is 5.32. The molecular formula is C7H12N2O2. The van der Waals surface area contributed by atoms with Crippen LogP contribution < -0.4 is 0 Å². The van der Waals surface area contributed by atoms with E-state index in [1.165, 1.54) is 6.07 Å². The average molecular weight is 156 g/mol. The first-order valence-electron chi connectivity index (χ1n) is 3.34. The number of nitrogens with zero attached hydrogens (tertiary/aromatic N) is 1. The number of aromatic nitrogens is 1. The van der Waals surface area contributed by atoms with Gasteiger partial charge >= 0.3 is 0 Å². The molecule has 0 unspecified atom stereocenters. The topological polar surface area (TPSA) is 59.5 Å². The molecule has 0 aliphatic rings. The maximum atomic E-state index is 9.14. The minimum Gasteiger partial charge on any atom is -0.495 e. The van der Waals surface area contributed by atoms with Gasteiger partial charge in [0.2, 0.25) is 0 Å². The molecular weight excluding hydrogens is 144 g/mol. The van der Waals surface area contributed by atoms with Crippen LogP contribution in [0.1, 0.15) is 5.56 Å². The molecule has 0 aliphatic heterocycles. The zero-order chi connectivity index (χ0) is 8.43. The van der Waals surface area contributed by atoms with Crippen LogP contribution in [0.15, 0.2) is 6.07 Å². The van der Waals surface area contributed by atoms with Crippen molar-refractivity contribution in [3.63, 3.8) is 0 Å². The van der Waals surface area contributed by atoms with E-state index in [1.54, 1.807) is 0 Å². The van der Waals surface area contributed by atoms with Gasteiger partial charge in [-0.25, -0.2) is 0 Å². The summed E-state index contributed by atoms with van der Waals surface area (Å²) in [7, 11) is 3.78. The first-order chi connectivity index (χ1) is 5.09. The molecule has 0 saturated heterocycles. The standard InChI is InChI=1S/C7H12N2O2/c1-9(2)4-5-3-6(10)8-7(5)11/h3,8,10-11H,4H2,1-2H3. The Balaban J connectivity index is 2.77. The van der Waals surface area contributed by atoms with Gasteiger partial charge in [-0.15, -0.1) is 0 Å². The molecule has 0 aromatic carbocycles. The summed E-state index contributed by atoms with van der Waals surface area (Å²) in [5.74, 6) is 0.0375. The quantitative estimate of drug-likeness (QED) is 0.584. The second-order valence-corrected chi connectivity index (χ2v) is 2.77. The molecule has 4 heteroatoms. The predicted molar refractivity (Wildman–Crippen MR) is 41.5 cm³/mol. The number of hydrogen-bond donors (Lipinski definition) is 3. The lowest BCUT2D eigenvalue weighted by atomic mass is 10.3. The van der Waals surface area contributed by atoms with Crippen molar-refractivity contribution in [2.45, 2.75) is 6.54 Å². The Bertz CT molecular complexity index is 243. The van der Waals surface area contributed by atoms with E-state index in [9.17, 15) is 0 Å². The number of nitrogens with one attached hydrogen (secondary N) is 1. The number of aromatic amines is 1. The van der Waals surface area contributed by atoms with Crippen molar-refractivity contribution in [3.05, 3.63) is 11.6 Å². The normalized spacial score (nSPS) is 10.8. The monoisotopic (exact) mass is 156 g/mol. The van der Waals surface area contributed by atoms with Crippen molar-refractivity contribution in [3.8, 4) is 11.8 Å². The molecule has 11 heavy (non-hydrogen) atoms. The molecule has 0 radical (unpaired) electrons. The summed E-state index contributed by atoms with van der Waals surface area (Å²) < 4.78 is 0. The molecule has 0 atom stereocenters. The molecule has 1 rings (SSSR count). The zero-order valence-electron chi connectivity index (χ0n) is 6.63. The van der Waals surface area contributed by atoms with Crippen LogP contribution in [0.5, 0.6) is 11.8 Å². The van der Waals surface area contributed by atoms with Crippen LogP contribution in [0.4, 0.5) is 0 Å². The first-order valence-corrected chi connectivity index (χ1v) is 3.34. The lowest BCUT2D eigenvalue weighted by Gasteiger charge is -2.06. The van der Waals surface area contributed by atoms with Gasteiger partial charge in [-0.3, -0.25) is 4.98 Å². The van der Waals surface area contributed by atoms with Gasteiger partial charge in [0, 0.05) is 18.2 Å². The molecule has 0 amide bonds. The number of H-pyrrole nitrogens is 1. The van der Waals surface area contributed by atoms with Gasteiger partial charge in [-0.05, 0) is 14.1 Å². The molecule has 4 nitrogen and oxygen atoms in total. The van der Waals surface area contributed by atoms with Crippen LogP contribution in [-0.2, 0) is 6.54 Å². The molecule has 0 fully saturated rings. The molecule has 1 aromatic heterocycles. The van der Waals surface area contributed by atoms with E-state index >= 15 is 0 Å². The maximum absolute atomic E-state index is 9.14. The Morgan fingerprint density at radius 3 is 2.45 bits per heavy atom. The van der Waals surface area contributed by atoms with Crippen LogP contribution in [-0.4, -0.2) is 34.2 Å². The average Bonchev–Trinajstić information content (AvgIpc) is 2.09. The second-order valence-electron chi connectivity index (χ2n) is 2.77. The summed E-state index contributed by atoms with van der Waals surface area (Å²) in [4.78, 5) is 4.30. The lowest BCUT2D eigenvalue weighted by molar-refractivity contribution is 0.382. The van der Waals surface area contributed by atoms with Crippen LogP contribution in [0.2, 0.25) is 0 Å². The van der Waals surface area contributed by atoms with Gasteiger partial charge in [0.25, 0.3) is 0 Å². The molecule has 0 bridgehead atoms. The number of hydrogen-bond acceptors (Lipinski definition) is 3. The highest BCUT2D eigenvalue weighted by Gasteiger charge is 2.05. The SMILES string of the molecule is CN(C)Cc1cc(O)[nH]c1O. The van der Waals surface area contributed by atoms with Crippen molar-refractivity contribution in [2.75, 3.05) is 14.1 Å². The van der Waals surface area contributed by atoms with Crippen molar-refractivity contribution in [2.24, 2.45) is 0 Å². The summed E-state index contributed by atoms with van der Waals surface area (Å²) in [6.45, 7) is 0.614. The number of aromatic hydroxyl groups is 2. The fourth-order valence-corrected chi connectivity index (χ4v) is 0.932. The predicted octanol–water partition coefficient (Wildman–Crippen LogP) is 0.487. The van der Waals surface area contributed by atoms with E-state index in [2.05, 4.69) is 4.98 Å². The van der Waals surface area contributed by atoms with Gasteiger partial charge in [0.05, 0.1) is 0 Å². The molecule has 1 aromatic rings. The van der Waals surface area contributed by atoms with Gasteiger partial charge in [-0.1, -0.05) is 0 Å². The first kappa shape index (κ1) is 7.94. The summed E-state index contributed by atoms with van der Waals surface area (Å²) in [6.07, 6.45) is 0. The van der Waals surface area contributed by atoms with Crippen molar-refractivity contribution < 1.29 is 10.2 Å². The summed E-state index contributed by atoms with van der Waals surface area (Å²) in [6, 6.07) is 1.51. The van der Waals surface area contributed by atoms with E-state index in [4.69, 9.17) is 10.2 Å². The lowest BCUT2D eigenvalue weighted by Crippen LogP contribution is -2.09. The Kier molecular flexibility index (Phi) is 2.05. The van der Waals surface area contributed by atoms with Gasteiger partial charge in [0.1, 0.15) is 0 Å². The summed E-state index contributed by atoms with van der Waals surface area (Å²) >= 11 is 0. The summed E-state index contributed by atoms with van der Waals surface area (Å²) in [5.41, 5.74) is 0.701. The van der Waals surface area contributed by atoms with E-state index < -0.39 is 0 Å². The van der Waals surface area contributed by atoms with Crippen molar-refractivity contribution >= 4 is 0 Å². The van der Waals surface area contributed by atoms with E-state index in [1.807, 2.05) is 19.0 Å². The fourth-order valence-electron chi connectivity index (χ4n) is 0.932. The van der Waals surface area contributed by atoms with Gasteiger partial charge in [0.15, 0.2) is 11.8 Å². The molecule has 0 saturated carbocycles. The Morgan fingerprint density at radius 1 is 1.45 bits per heavy atom. The van der Waals surface area contributed by atoms with Gasteiger partial charge in [-0.2, -0.15) is 0 Å². The zero-order valence-corrected chi connectivity index (χ0v) is 6.63. The molecule has 0 aliphatic carbocycles. The highest BCUT2D eigenvalue weighted by Crippen LogP contribution is 2.21. The van der Waals surface area contributed by atoms with Gasteiger partial charge < -0.3 is 15.1 Å². The van der Waals surface area contributed by atoms with Crippen LogP contribution in [0.25, 0.3) is 0 Å². The Hall–Kier alpha value is -1.16. The third-order valence-corrected chi connectivity index (χ3v) is 1.35. The fraction of sp³-hybridized carbons (Fsp3) is 0.429. The molecule has 3 N–H and O–H groups in total.